The molecule has 9 heteroatoms. The van der Waals surface area contributed by atoms with Crippen LogP contribution >= 0.6 is 0 Å². The van der Waals surface area contributed by atoms with Crippen LogP contribution < -0.4 is 5.32 Å². The van der Waals surface area contributed by atoms with Crippen LogP contribution in [-0.2, 0) is 19.7 Å². The lowest BCUT2D eigenvalue weighted by molar-refractivity contribution is -0.126. The number of rotatable bonds is 6. The highest BCUT2D eigenvalue weighted by Gasteiger charge is 2.35. The van der Waals surface area contributed by atoms with Gasteiger partial charge in [0.05, 0.1) is 19.1 Å². The Balaban J connectivity index is 1.48. The van der Waals surface area contributed by atoms with Crippen LogP contribution in [0.4, 0.5) is 0 Å². The molecular formula is C18H34N4O4S. The van der Waals surface area contributed by atoms with Gasteiger partial charge in [-0.05, 0) is 25.7 Å². The van der Waals surface area contributed by atoms with Crippen LogP contribution in [0.1, 0.15) is 38.5 Å². The minimum atomic E-state index is -3.45. The largest absolute Gasteiger partial charge is 0.379 e. The van der Waals surface area contributed by atoms with E-state index in [9.17, 15) is 13.2 Å². The summed E-state index contributed by atoms with van der Waals surface area (Å²) in [4.78, 5) is 14.8. The molecule has 0 aromatic carbocycles. The molecule has 1 N–H and O–H groups in total. The van der Waals surface area contributed by atoms with Crippen molar-refractivity contribution in [3.8, 4) is 0 Å². The Morgan fingerprint density at radius 1 is 0.926 bits per heavy atom. The van der Waals surface area contributed by atoms with Crippen molar-refractivity contribution in [1.82, 2.24) is 18.8 Å². The van der Waals surface area contributed by atoms with Gasteiger partial charge >= 0.3 is 0 Å². The van der Waals surface area contributed by atoms with Gasteiger partial charge in [-0.3, -0.25) is 9.69 Å². The molecule has 3 aliphatic rings. The van der Waals surface area contributed by atoms with E-state index in [-0.39, 0.29) is 11.8 Å². The third kappa shape index (κ3) is 5.87. The monoisotopic (exact) mass is 402 g/mol. The molecule has 0 aromatic heterocycles. The molecule has 0 radical (unpaired) electrons. The molecule has 0 saturated carbocycles. The number of nitrogens with zero attached hydrogens (tertiary/aromatic N) is 3. The summed E-state index contributed by atoms with van der Waals surface area (Å²) in [7, 11) is -3.45. The summed E-state index contributed by atoms with van der Waals surface area (Å²) in [5.41, 5.74) is 0. The van der Waals surface area contributed by atoms with Crippen LogP contribution in [0.3, 0.4) is 0 Å². The van der Waals surface area contributed by atoms with Gasteiger partial charge in [0, 0.05) is 52.4 Å². The Kier molecular flexibility index (Phi) is 7.89. The fourth-order valence-electron chi connectivity index (χ4n) is 4.11. The van der Waals surface area contributed by atoms with Crippen LogP contribution in [0.5, 0.6) is 0 Å². The first-order chi connectivity index (χ1) is 13.1. The predicted molar refractivity (Wildman–Crippen MR) is 104 cm³/mol. The fourth-order valence-corrected chi connectivity index (χ4v) is 5.88. The molecule has 3 saturated heterocycles. The van der Waals surface area contributed by atoms with Crippen LogP contribution in [0.2, 0.25) is 0 Å². The Labute approximate surface area is 163 Å². The minimum Gasteiger partial charge on any atom is -0.379 e. The Bertz CT molecular complexity index is 572. The van der Waals surface area contributed by atoms with Crippen molar-refractivity contribution < 1.29 is 17.9 Å². The Morgan fingerprint density at radius 2 is 1.59 bits per heavy atom. The molecule has 0 aromatic rings. The predicted octanol–water partition coefficient (Wildman–Crippen LogP) is 0.268. The lowest BCUT2D eigenvalue weighted by Crippen LogP contribution is -2.51. The summed E-state index contributed by atoms with van der Waals surface area (Å²) < 4.78 is 34.5. The average molecular weight is 403 g/mol. The smallest absolute Gasteiger partial charge is 0.281 e. The lowest BCUT2D eigenvalue weighted by Gasteiger charge is -2.35. The van der Waals surface area contributed by atoms with Gasteiger partial charge in [-0.1, -0.05) is 12.8 Å². The van der Waals surface area contributed by atoms with E-state index in [0.29, 0.717) is 32.7 Å². The molecule has 1 atom stereocenters. The van der Waals surface area contributed by atoms with Crippen molar-refractivity contribution in [2.75, 3.05) is 65.6 Å². The van der Waals surface area contributed by atoms with Crippen LogP contribution in [-0.4, -0.2) is 93.4 Å². The number of nitrogens with one attached hydrogen (secondary N) is 1. The second-order valence-corrected chi connectivity index (χ2v) is 9.69. The fraction of sp³-hybridized carbons (Fsp3) is 0.944. The first kappa shape index (κ1) is 21.0. The molecule has 1 amide bonds. The van der Waals surface area contributed by atoms with Gasteiger partial charge in [0.25, 0.3) is 10.2 Å². The normalized spacial score (nSPS) is 27.2. The molecule has 0 spiro atoms. The molecule has 0 bridgehead atoms. The first-order valence-corrected chi connectivity index (χ1v) is 11.8. The van der Waals surface area contributed by atoms with Crippen LogP contribution in [0.15, 0.2) is 0 Å². The second kappa shape index (κ2) is 10.2. The summed E-state index contributed by atoms with van der Waals surface area (Å²) >= 11 is 0. The maximum Gasteiger partial charge on any atom is 0.281 e. The molecule has 3 rings (SSSR count). The molecular weight excluding hydrogens is 368 g/mol. The third-order valence-corrected chi connectivity index (χ3v) is 7.81. The first-order valence-electron chi connectivity index (χ1n) is 10.4. The standard InChI is InChI=1S/C18H34N4O4S/c23-18(19-7-11-20-12-14-26-15-13-20)17-6-5-10-22(16-17)27(24,25)21-8-3-1-2-4-9-21/h17H,1-16H2,(H,19,23). The molecule has 27 heavy (non-hydrogen) atoms. The van der Waals surface area contributed by atoms with E-state index in [2.05, 4.69) is 10.2 Å². The molecule has 0 aliphatic carbocycles. The second-order valence-electron chi connectivity index (χ2n) is 7.76. The van der Waals surface area contributed by atoms with E-state index in [1.807, 2.05) is 0 Å². The number of piperidine rings is 1. The van der Waals surface area contributed by atoms with Gasteiger partial charge < -0.3 is 10.1 Å². The van der Waals surface area contributed by atoms with E-state index in [0.717, 1.165) is 71.4 Å². The van der Waals surface area contributed by atoms with Gasteiger partial charge in [-0.25, -0.2) is 0 Å². The summed E-state index contributed by atoms with van der Waals surface area (Å²) in [5.74, 6) is -0.260. The van der Waals surface area contributed by atoms with Crippen molar-refractivity contribution >= 4 is 16.1 Å². The summed E-state index contributed by atoms with van der Waals surface area (Å²) in [6, 6.07) is 0. The highest BCUT2D eigenvalue weighted by atomic mass is 32.2. The Hall–Kier alpha value is -0.740. The number of amides is 1. The van der Waals surface area contributed by atoms with Gasteiger partial charge in [0.2, 0.25) is 5.91 Å². The van der Waals surface area contributed by atoms with E-state index in [4.69, 9.17) is 4.74 Å². The number of ether oxygens (including phenoxy) is 1. The van der Waals surface area contributed by atoms with Gasteiger partial charge in [-0.15, -0.1) is 0 Å². The Morgan fingerprint density at radius 3 is 2.30 bits per heavy atom. The summed E-state index contributed by atoms with van der Waals surface area (Å²) in [5, 5.41) is 3.00. The number of carbonyl (C=O) groups is 1. The zero-order valence-electron chi connectivity index (χ0n) is 16.3. The van der Waals surface area contributed by atoms with Crippen molar-refractivity contribution in [1.29, 1.82) is 0 Å². The maximum atomic E-state index is 13.0. The number of hydrogen-bond donors (Lipinski definition) is 1. The molecule has 1 unspecified atom stereocenters. The maximum absolute atomic E-state index is 13.0. The van der Waals surface area contributed by atoms with E-state index >= 15 is 0 Å². The lowest BCUT2D eigenvalue weighted by atomic mass is 9.99. The highest BCUT2D eigenvalue weighted by Crippen LogP contribution is 2.23. The zero-order chi connectivity index (χ0) is 19.1. The summed E-state index contributed by atoms with van der Waals surface area (Å²) in [6.45, 7) is 6.77. The zero-order valence-corrected chi connectivity index (χ0v) is 17.1. The van der Waals surface area contributed by atoms with E-state index < -0.39 is 10.2 Å². The SMILES string of the molecule is O=C(NCCN1CCOCC1)C1CCCN(S(=O)(=O)N2CCCCCC2)C1. The molecule has 8 nitrogen and oxygen atoms in total. The van der Waals surface area contributed by atoms with Crippen molar-refractivity contribution in [2.24, 2.45) is 5.92 Å². The van der Waals surface area contributed by atoms with E-state index in [1.165, 1.54) is 4.31 Å². The number of morpholine rings is 1. The minimum absolute atomic E-state index is 0.0148. The van der Waals surface area contributed by atoms with Crippen LogP contribution in [0.25, 0.3) is 0 Å². The molecule has 156 valence electrons. The highest BCUT2D eigenvalue weighted by molar-refractivity contribution is 7.86. The van der Waals surface area contributed by atoms with Crippen molar-refractivity contribution in [2.45, 2.75) is 38.5 Å². The number of hydrogen-bond acceptors (Lipinski definition) is 5. The molecule has 3 heterocycles. The van der Waals surface area contributed by atoms with Crippen LogP contribution in [0, 0.1) is 5.92 Å². The summed E-state index contributed by atoms with van der Waals surface area (Å²) in [6.07, 6.45) is 5.56. The van der Waals surface area contributed by atoms with E-state index in [1.54, 1.807) is 4.31 Å². The topological polar surface area (TPSA) is 82.2 Å². The third-order valence-electron chi connectivity index (χ3n) is 5.80. The number of carbonyl (C=O) groups excluding carboxylic acids is 1. The molecule has 3 aliphatic heterocycles. The van der Waals surface area contributed by atoms with Crippen molar-refractivity contribution in [3.63, 3.8) is 0 Å². The molecule has 3 fully saturated rings. The van der Waals surface area contributed by atoms with Gasteiger partial charge in [-0.2, -0.15) is 17.0 Å². The van der Waals surface area contributed by atoms with Gasteiger partial charge in [0.1, 0.15) is 0 Å². The van der Waals surface area contributed by atoms with Crippen molar-refractivity contribution in [3.05, 3.63) is 0 Å². The average Bonchev–Trinajstić information content (AvgIpc) is 2.99. The van der Waals surface area contributed by atoms with Gasteiger partial charge in [0.15, 0.2) is 0 Å². The quantitative estimate of drug-likeness (QED) is 0.690.